The summed E-state index contributed by atoms with van der Waals surface area (Å²) in [5.41, 5.74) is -0.0159. The zero-order valence-electron chi connectivity index (χ0n) is 11.0. The Bertz CT molecular complexity index is 635. The van der Waals surface area contributed by atoms with Gasteiger partial charge in [-0.15, -0.1) is 0 Å². The monoisotopic (exact) mass is 274 g/mol. The van der Waals surface area contributed by atoms with Crippen LogP contribution in [0.15, 0.2) is 36.4 Å². The van der Waals surface area contributed by atoms with Gasteiger partial charge < -0.3 is 11.6 Å². The summed E-state index contributed by atoms with van der Waals surface area (Å²) in [5.74, 6) is -3.24. The van der Waals surface area contributed by atoms with Crippen LogP contribution in [-0.4, -0.2) is 16.2 Å². The Morgan fingerprint density at radius 2 is 1.79 bits per heavy atom. The Morgan fingerprint density at radius 3 is 2.37 bits per heavy atom. The number of hydrogen-bond acceptors (Lipinski definition) is 2. The summed E-state index contributed by atoms with van der Waals surface area (Å²) >= 11 is 0. The maximum Gasteiger partial charge on any atom is 1.00 e. The summed E-state index contributed by atoms with van der Waals surface area (Å²) in [6.45, 7) is 0. The number of benzene rings is 2. The Morgan fingerprint density at radius 1 is 1.11 bits per heavy atom. The fourth-order valence-electron chi connectivity index (χ4n) is 1.60. The van der Waals surface area contributed by atoms with Gasteiger partial charge in [0.25, 0.3) is 0 Å². The molecule has 0 atom stereocenters. The van der Waals surface area contributed by atoms with Crippen molar-refractivity contribution in [3.63, 3.8) is 0 Å². The van der Waals surface area contributed by atoms with Crippen LogP contribution in [0, 0.1) is 11.6 Å². The van der Waals surface area contributed by atoms with Gasteiger partial charge in [0.15, 0.2) is 0 Å². The van der Waals surface area contributed by atoms with E-state index in [9.17, 15) is 18.7 Å². The topological polar surface area (TPSA) is 57.5 Å². The van der Waals surface area contributed by atoms with E-state index < -0.39 is 23.4 Å². The van der Waals surface area contributed by atoms with Crippen LogP contribution in [0.2, 0.25) is 0 Å². The standard InChI is InChI=1S/C13H8F2O3.Na.H/c14-8-2-3-9(11(15)6-8)7-1-4-12(16)10(5-7)13(17)18;;/h1-6,16H,(H,17,18);;/q;+1;-1. The van der Waals surface area contributed by atoms with Crippen LogP contribution < -0.4 is 29.6 Å². The van der Waals surface area contributed by atoms with Crippen LogP contribution in [0.3, 0.4) is 0 Å². The number of aromatic hydroxyl groups is 1. The molecule has 0 bridgehead atoms. The van der Waals surface area contributed by atoms with Crippen molar-refractivity contribution in [1.29, 1.82) is 0 Å². The molecular weight excluding hydrogens is 265 g/mol. The van der Waals surface area contributed by atoms with Crippen LogP contribution >= 0.6 is 0 Å². The average Bonchev–Trinajstić information content (AvgIpc) is 2.30. The normalized spacial score (nSPS) is 9.79. The predicted molar refractivity (Wildman–Crippen MR) is 61.5 cm³/mol. The number of carbonyl (C=O) groups is 1. The number of carboxylic acid groups (broad SMARTS) is 1. The van der Waals surface area contributed by atoms with Crippen LogP contribution in [0.1, 0.15) is 11.8 Å². The molecule has 2 rings (SSSR count). The van der Waals surface area contributed by atoms with Crippen molar-refractivity contribution in [3.05, 3.63) is 53.6 Å². The summed E-state index contributed by atoms with van der Waals surface area (Å²) in [5, 5.41) is 18.2. The summed E-state index contributed by atoms with van der Waals surface area (Å²) in [6.07, 6.45) is 0. The van der Waals surface area contributed by atoms with E-state index in [4.69, 9.17) is 5.11 Å². The van der Waals surface area contributed by atoms with Gasteiger partial charge in [0, 0.05) is 11.6 Å². The van der Waals surface area contributed by atoms with Crippen LogP contribution in [-0.2, 0) is 0 Å². The molecule has 0 spiro atoms. The minimum absolute atomic E-state index is 0. The molecule has 0 aliphatic carbocycles. The molecular formula is C13H9F2NaO3. The minimum atomic E-state index is -1.32. The first kappa shape index (κ1) is 15.6. The smallest absolute Gasteiger partial charge is 1.00 e. The maximum absolute atomic E-state index is 13.5. The first-order valence-electron chi connectivity index (χ1n) is 5.01. The van der Waals surface area contributed by atoms with Gasteiger partial charge in [-0.2, -0.15) is 0 Å². The van der Waals surface area contributed by atoms with Gasteiger partial charge in [-0.3, -0.25) is 0 Å². The Kier molecular flexibility index (Phi) is 5.05. The third kappa shape index (κ3) is 3.32. The summed E-state index contributed by atoms with van der Waals surface area (Å²) in [6, 6.07) is 6.64. The Labute approximate surface area is 131 Å². The van der Waals surface area contributed by atoms with Gasteiger partial charge in [0.2, 0.25) is 0 Å². The molecule has 2 N–H and O–H groups in total. The van der Waals surface area contributed by atoms with E-state index in [0.29, 0.717) is 6.07 Å². The van der Waals surface area contributed by atoms with E-state index in [0.717, 1.165) is 18.2 Å². The molecule has 6 heteroatoms. The molecule has 0 fully saturated rings. The molecule has 0 amide bonds. The largest absolute Gasteiger partial charge is 1.00 e. The van der Waals surface area contributed by atoms with Crippen molar-refractivity contribution in [2.24, 2.45) is 0 Å². The number of halogens is 2. The first-order valence-corrected chi connectivity index (χ1v) is 5.01. The molecule has 2 aromatic carbocycles. The second-order valence-corrected chi connectivity index (χ2v) is 3.66. The van der Waals surface area contributed by atoms with Gasteiger partial charge >= 0.3 is 35.5 Å². The molecule has 0 saturated carbocycles. The van der Waals surface area contributed by atoms with E-state index in [2.05, 4.69) is 0 Å². The molecule has 94 valence electrons. The van der Waals surface area contributed by atoms with Gasteiger partial charge in [-0.25, -0.2) is 13.6 Å². The Hall–Kier alpha value is -1.43. The van der Waals surface area contributed by atoms with Crippen LogP contribution in [0.5, 0.6) is 5.75 Å². The van der Waals surface area contributed by atoms with E-state index in [-0.39, 0.29) is 47.7 Å². The van der Waals surface area contributed by atoms with E-state index in [1.54, 1.807) is 0 Å². The molecule has 0 aliphatic heterocycles. The van der Waals surface area contributed by atoms with Crippen LogP contribution in [0.25, 0.3) is 11.1 Å². The Balaban J connectivity index is 0.00000180. The number of hydrogen-bond donors (Lipinski definition) is 2. The summed E-state index contributed by atoms with van der Waals surface area (Å²) in [4.78, 5) is 10.8. The molecule has 3 nitrogen and oxygen atoms in total. The molecule has 0 unspecified atom stereocenters. The average molecular weight is 274 g/mol. The maximum atomic E-state index is 13.5. The quantitative estimate of drug-likeness (QED) is 0.767. The third-order valence-corrected chi connectivity index (χ3v) is 2.47. The first-order chi connectivity index (χ1) is 8.49. The molecule has 0 aliphatic rings. The number of carboxylic acids is 1. The number of phenols is 1. The zero-order chi connectivity index (χ0) is 13.3. The van der Waals surface area contributed by atoms with E-state index in [1.165, 1.54) is 12.1 Å². The second-order valence-electron chi connectivity index (χ2n) is 3.66. The summed E-state index contributed by atoms with van der Waals surface area (Å²) in [7, 11) is 0. The summed E-state index contributed by atoms with van der Waals surface area (Å²) < 4.78 is 26.3. The number of rotatable bonds is 2. The minimum Gasteiger partial charge on any atom is -1.00 e. The van der Waals surface area contributed by atoms with Crippen molar-refractivity contribution in [2.45, 2.75) is 0 Å². The predicted octanol–water partition coefficient (Wildman–Crippen LogP) is 0.152. The zero-order valence-corrected chi connectivity index (χ0v) is 12.0. The number of aromatic carboxylic acids is 1. The molecule has 19 heavy (non-hydrogen) atoms. The molecule has 0 heterocycles. The molecule has 0 radical (unpaired) electrons. The fourth-order valence-corrected chi connectivity index (χ4v) is 1.60. The third-order valence-electron chi connectivity index (χ3n) is 2.47. The molecule has 0 saturated heterocycles. The van der Waals surface area contributed by atoms with Crippen molar-refractivity contribution < 1.29 is 54.8 Å². The van der Waals surface area contributed by atoms with E-state index >= 15 is 0 Å². The van der Waals surface area contributed by atoms with Crippen molar-refractivity contribution in [2.75, 3.05) is 0 Å². The van der Waals surface area contributed by atoms with Gasteiger partial charge in [-0.1, -0.05) is 6.07 Å². The fraction of sp³-hybridized carbons (Fsp3) is 0. The van der Waals surface area contributed by atoms with Crippen molar-refractivity contribution >= 4 is 5.97 Å². The van der Waals surface area contributed by atoms with Gasteiger partial charge in [0.05, 0.1) is 0 Å². The van der Waals surface area contributed by atoms with Crippen LogP contribution in [0.4, 0.5) is 8.78 Å². The SMILES string of the molecule is O=C(O)c1cc(-c2ccc(F)cc2F)ccc1O.[H-].[Na+]. The molecule has 0 aromatic heterocycles. The van der Waals surface area contributed by atoms with Crippen molar-refractivity contribution in [1.82, 2.24) is 0 Å². The van der Waals surface area contributed by atoms with Gasteiger partial charge in [0.1, 0.15) is 22.9 Å². The van der Waals surface area contributed by atoms with E-state index in [1.807, 2.05) is 0 Å². The second kappa shape index (κ2) is 6.14. The molecule has 2 aromatic rings. The van der Waals surface area contributed by atoms with Crippen molar-refractivity contribution in [3.8, 4) is 16.9 Å². The van der Waals surface area contributed by atoms with Gasteiger partial charge in [-0.05, 0) is 29.8 Å².